The molecule has 0 unspecified atom stereocenters. The molecule has 0 radical (unpaired) electrons. The molecule has 0 fully saturated rings. The lowest BCUT2D eigenvalue weighted by molar-refractivity contribution is -0.123. The third-order valence-corrected chi connectivity index (χ3v) is 3.50. The summed E-state index contributed by atoms with van der Waals surface area (Å²) >= 11 is 0. The summed E-state index contributed by atoms with van der Waals surface area (Å²) in [7, 11) is 0. The van der Waals surface area contributed by atoms with Gasteiger partial charge in [0.1, 0.15) is 5.75 Å². The van der Waals surface area contributed by atoms with E-state index in [1.165, 1.54) is 0 Å². The summed E-state index contributed by atoms with van der Waals surface area (Å²) in [4.78, 5) is 11.8. The maximum atomic E-state index is 11.8. The van der Waals surface area contributed by atoms with Gasteiger partial charge in [0.25, 0.3) is 5.91 Å². The lowest BCUT2D eigenvalue weighted by Crippen LogP contribution is -2.36. The summed E-state index contributed by atoms with van der Waals surface area (Å²) in [6.07, 6.45) is 0. The zero-order valence-electron chi connectivity index (χ0n) is 12.8. The van der Waals surface area contributed by atoms with Crippen LogP contribution in [0.1, 0.15) is 27.7 Å². The zero-order valence-corrected chi connectivity index (χ0v) is 12.8. The van der Waals surface area contributed by atoms with E-state index in [4.69, 9.17) is 10.5 Å². The van der Waals surface area contributed by atoms with Gasteiger partial charge in [-0.2, -0.15) is 0 Å². The first-order valence-corrected chi connectivity index (χ1v) is 7.15. The van der Waals surface area contributed by atoms with Gasteiger partial charge in [0.05, 0.1) is 0 Å². The first-order valence-electron chi connectivity index (χ1n) is 7.15. The molecule has 0 aliphatic carbocycles. The van der Waals surface area contributed by atoms with Gasteiger partial charge in [-0.3, -0.25) is 4.79 Å². The second kappa shape index (κ2) is 7.78. The standard InChI is InChI=1S/C16H26N2O2/c1-11(2)15(12(3)4)9-18-16(19)10-20-14-7-5-13(17)6-8-14/h5-8,11-12,15H,9-10,17H2,1-4H3,(H,18,19). The first-order chi connectivity index (χ1) is 9.40. The fourth-order valence-corrected chi connectivity index (χ4v) is 2.24. The molecule has 1 aromatic rings. The fourth-order valence-electron chi connectivity index (χ4n) is 2.24. The van der Waals surface area contributed by atoms with Crippen molar-refractivity contribution in [2.75, 3.05) is 18.9 Å². The van der Waals surface area contributed by atoms with Gasteiger partial charge in [-0.25, -0.2) is 0 Å². The van der Waals surface area contributed by atoms with Gasteiger partial charge in [0.2, 0.25) is 0 Å². The van der Waals surface area contributed by atoms with Gasteiger partial charge in [-0.1, -0.05) is 27.7 Å². The van der Waals surface area contributed by atoms with Crippen LogP contribution in [0.4, 0.5) is 5.69 Å². The molecule has 4 nitrogen and oxygen atoms in total. The van der Waals surface area contributed by atoms with E-state index in [9.17, 15) is 4.79 Å². The van der Waals surface area contributed by atoms with Crippen molar-refractivity contribution in [1.29, 1.82) is 0 Å². The predicted molar refractivity (Wildman–Crippen MR) is 82.5 cm³/mol. The van der Waals surface area contributed by atoms with Crippen LogP contribution in [-0.4, -0.2) is 19.1 Å². The van der Waals surface area contributed by atoms with E-state index in [1.807, 2.05) is 0 Å². The maximum absolute atomic E-state index is 11.8. The molecule has 1 aromatic carbocycles. The van der Waals surface area contributed by atoms with Crippen molar-refractivity contribution in [2.24, 2.45) is 17.8 Å². The molecule has 0 aromatic heterocycles. The number of nitrogen functional groups attached to an aromatic ring is 1. The SMILES string of the molecule is CC(C)C(CNC(=O)COc1ccc(N)cc1)C(C)C. The summed E-state index contributed by atoms with van der Waals surface area (Å²) in [5.74, 6) is 2.14. The summed E-state index contributed by atoms with van der Waals surface area (Å²) < 4.78 is 5.41. The molecule has 3 N–H and O–H groups in total. The van der Waals surface area contributed by atoms with Crippen LogP contribution in [0.5, 0.6) is 5.75 Å². The van der Waals surface area contributed by atoms with Crippen LogP contribution in [0, 0.1) is 17.8 Å². The van der Waals surface area contributed by atoms with Crippen molar-refractivity contribution in [3.8, 4) is 5.75 Å². The molecule has 1 amide bonds. The van der Waals surface area contributed by atoms with E-state index in [0.29, 0.717) is 35.7 Å². The minimum atomic E-state index is -0.0897. The smallest absolute Gasteiger partial charge is 0.257 e. The molecular formula is C16H26N2O2. The fraction of sp³-hybridized carbons (Fsp3) is 0.562. The van der Waals surface area contributed by atoms with Gasteiger partial charge >= 0.3 is 0 Å². The van der Waals surface area contributed by atoms with Gasteiger partial charge in [-0.05, 0) is 42.0 Å². The highest BCUT2D eigenvalue weighted by Gasteiger charge is 2.18. The molecule has 0 spiro atoms. The molecule has 4 heteroatoms. The molecule has 0 saturated carbocycles. The molecule has 0 bridgehead atoms. The Kier molecular flexibility index (Phi) is 6.36. The average molecular weight is 278 g/mol. The Bertz CT molecular complexity index is 405. The second-order valence-electron chi connectivity index (χ2n) is 5.81. The third-order valence-electron chi connectivity index (χ3n) is 3.50. The minimum absolute atomic E-state index is 0.0346. The highest BCUT2D eigenvalue weighted by Crippen LogP contribution is 2.19. The highest BCUT2D eigenvalue weighted by atomic mass is 16.5. The second-order valence-corrected chi connectivity index (χ2v) is 5.81. The van der Waals surface area contributed by atoms with Crippen molar-refractivity contribution < 1.29 is 9.53 Å². The van der Waals surface area contributed by atoms with Crippen LogP contribution < -0.4 is 15.8 Å². The van der Waals surface area contributed by atoms with Crippen LogP contribution >= 0.6 is 0 Å². The number of nitrogens with two attached hydrogens (primary N) is 1. The molecule has 0 aliphatic rings. The number of anilines is 1. The van der Waals surface area contributed by atoms with Gasteiger partial charge in [-0.15, -0.1) is 0 Å². The normalized spacial score (nSPS) is 11.2. The molecule has 20 heavy (non-hydrogen) atoms. The molecule has 0 aliphatic heterocycles. The van der Waals surface area contributed by atoms with Crippen LogP contribution in [0.25, 0.3) is 0 Å². The van der Waals surface area contributed by atoms with Crippen LogP contribution in [0.15, 0.2) is 24.3 Å². The van der Waals surface area contributed by atoms with E-state index in [0.717, 1.165) is 0 Å². The Morgan fingerprint density at radius 1 is 1.15 bits per heavy atom. The van der Waals surface area contributed by atoms with E-state index in [1.54, 1.807) is 24.3 Å². The highest BCUT2D eigenvalue weighted by molar-refractivity contribution is 5.77. The Morgan fingerprint density at radius 3 is 2.20 bits per heavy atom. The van der Waals surface area contributed by atoms with Gasteiger partial charge in [0.15, 0.2) is 6.61 Å². The minimum Gasteiger partial charge on any atom is -0.484 e. The lowest BCUT2D eigenvalue weighted by atomic mass is 9.85. The van der Waals surface area contributed by atoms with E-state index >= 15 is 0 Å². The summed E-state index contributed by atoms with van der Waals surface area (Å²) in [5, 5.41) is 2.94. The number of hydrogen-bond acceptors (Lipinski definition) is 3. The number of hydrogen-bond donors (Lipinski definition) is 2. The molecule has 0 saturated heterocycles. The third kappa shape index (κ3) is 5.51. The Morgan fingerprint density at radius 2 is 1.70 bits per heavy atom. The van der Waals surface area contributed by atoms with Crippen molar-refractivity contribution in [2.45, 2.75) is 27.7 Å². The lowest BCUT2D eigenvalue weighted by Gasteiger charge is -2.25. The monoisotopic (exact) mass is 278 g/mol. The number of nitrogens with one attached hydrogen (secondary N) is 1. The Balaban J connectivity index is 2.35. The number of ether oxygens (including phenoxy) is 1. The maximum Gasteiger partial charge on any atom is 0.257 e. The zero-order chi connectivity index (χ0) is 15.1. The number of carbonyl (C=O) groups is 1. The molecule has 112 valence electrons. The van der Waals surface area contributed by atoms with Crippen molar-refractivity contribution in [3.63, 3.8) is 0 Å². The predicted octanol–water partition coefficient (Wildman–Crippen LogP) is 2.69. The number of rotatable bonds is 7. The van der Waals surface area contributed by atoms with Crippen LogP contribution in [-0.2, 0) is 4.79 Å². The topological polar surface area (TPSA) is 64.3 Å². The Hall–Kier alpha value is -1.71. The summed E-state index contributed by atoms with van der Waals surface area (Å²) in [5.41, 5.74) is 6.26. The van der Waals surface area contributed by atoms with E-state index in [2.05, 4.69) is 33.0 Å². The van der Waals surface area contributed by atoms with Crippen molar-refractivity contribution in [3.05, 3.63) is 24.3 Å². The number of carbonyl (C=O) groups excluding carboxylic acids is 1. The Labute approximate surface area is 121 Å². The van der Waals surface area contributed by atoms with Gasteiger partial charge < -0.3 is 15.8 Å². The number of benzene rings is 1. The average Bonchev–Trinajstić information content (AvgIpc) is 2.37. The summed E-state index contributed by atoms with van der Waals surface area (Å²) in [6.45, 7) is 9.46. The molecular weight excluding hydrogens is 252 g/mol. The van der Waals surface area contributed by atoms with Crippen LogP contribution in [0.3, 0.4) is 0 Å². The largest absolute Gasteiger partial charge is 0.484 e. The summed E-state index contributed by atoms with van der Waals surface area (Å²) in [6, 6.07) is 7.02. The van der Waals surface area contributed by atoms with Crippen molar-refractivity contribution >= 4 is 11.6 Å². The number of amides is 1. The van der Waals surface area contributed by atoms with E-state index in [-0.39, 0.29) is 12.5 Å². The quantitative estimate of drug-likeness (QED) is 0.754. The van der Waals surface area contributed by atoms with Crippen LogP contribution in [0.2, 0.25) is 0 Å². The first kappa shape index (κ1) is 16.3. The molecule has 1 rings (SSSR count). The molecule has 0 atom stereocenters. The van der Waals surface area contributed by atoms with Crippen molar-refractivity contribution in [1.82, 2.24) is 5.32 Å². The molecule has 0 heterocycles. The van der Waals surface area contributed by atoms with Gasteiger partial charge in [0, 0.05) is 12.2 Å². The van der Waals surface area contributed by atoms with E-state index < -0.39 is 0 Å².